The van der Waals surface area contributed by atoms with E-state index in [-0.39, 0.29) is 39.2 Å². The van der Waals surface area contributed by atoms with Crippen LogP contribution in [0.4, 0.5) is 15.0 Å². The maximum atomic E-state index is 14.1. The highest BCUT2D eigenvalue weighted by atomic mass is 79.9. The van der Waals surface area contributed by atoms with Gasteiger partial charge in [0.1, 0.15) is 11.3 Å². The lowest BCUT2D eigenvalue weighted by atomic mass is 10.2. The zero-order valence-corrected chi connectivity index (χ0v) is 13.4. The predicted octanol–water partition coefficient (Wildman–Crippen LogP) is 3.52. The molecule has 0 bridgehead atoms. The molecule has 1 amide bonds. The number of carboxylic acid groups (broad SMARTS) is 1. The predicted molar refractivity (Wildman–Crippen MR) is 81.7 cm³/mol. The van der Waals surface area contributed by atoms with Crippen molar-refractivity contribution in [2.45, 2.75) is 0 Å². The summed E-state index contributed by atoms with van der Waals surface area (Å²) in [6, 6.07) is 1.49. The molecule has 1 aromatic heterocycles. The Balaban J connectivity index is 2.37. The summed E-state index contributed by atoms with van der Waals surface area (Å²) in [5.74, 6) is -0.376. The number of anilines is 1. The van der Waals surface area contributed by atoms with Crippen molar-refractivity contribution in [3.63, 3.8) is 0 Å². The SMILES string of the molecule is O=C(O)NCCNc1nc(Cl)nc2c(F)c(Br)c(Cl)cc12. The summed E-state index contributed by atoms with van der Waals surface area (Å²) >= 11 is 14.7. The zero-order chi connectivity index (χ0) is 15.6. The molecule has 0 unspecified atom stereocenters. The van der Waals surface area contributed by atoms with Crippen LogP contribution in [0.2, 0.25) is 10.3 Å². The first-order chi connectivity index (χ1) is 9.90. The van der Waals surface area contributed by atoms with Gasteiger partial charge in [-0.3, -0.25) is 0 Å². The molecule has 0 saturated heterocycles. The number of fused-ring (bicyclic) bond motifs is 1. The largest absolute Gasteiger partial charge is 0.465 e. The van der Waals surface area contributed by atoms with E-state index in [2.05, 4.69) is 36.5 Å². The van der Waals surface area contributed by atoms with Crippen LogP contribution in [-0.2, 0) is 0 Å². The Morgan fingerprint density at radius 1 is 1.38 bits per heavy atom. The van der Waals surface area contributed by atoms with E-state index in [1.165, 1.54) is 6.07 Å². The fourth-order valence-corrected chi connectivity index (χ4v) is 2.29. The number of hydrogen-bond acceptors (Lipinski definition) is 4. The van der Waals surface area contributed by atoms with Crippen LogP contribution in [0.3, 0.4) is 0 Å². The molecular weight excluding hydrogens is 390 g/mol. The van der Waals surface area contributed by atoms with Gasteiger partial charge >= 0.3 is 6.09 Å². The summed E-state index contributed by atoms with van der Waals surface area (Å²) in [4.78, 5) is 18.1. The van der Waals surface area contributed by atoms with E-state index in [9.17, 15) is 9.18 Å². The van der Waals surface area contributed by atoms with Crippen LogP contribution in [-0.4, -0.2) is 34.3 Å². The molecule has 3 N–H and O–H groups in total. The van der Waals surface area contributed by atoms with Crippen molar-refractivity contribution in [1.29, 1.82) is 0 Å². The molecule has 21 heavy (non-hydrogen) atoms. The second-order valence-electron chi connectivity index (χ2n) is 3.88. The van der Waals surface area contributed by atoms with Gasteiger partial charge in [0, 0.05) is 18.5 Å². The van der Waals surface area contributed by atoms with Crippen LogP contribution in [0.1, 0.15) is 0 Å². The normalized spacial score (nSPS) is 10.7. The Morgan fingerprint density at radius 3 is 2.76 bits per heavy atom. The van der Waals surface area contributed by atoms with Crippen LogP contribution < -0.4 is 10.6 Å². The number of hydrogen-bond donors (Lipinski definition) is 3. The standard InChI is InChI=1S/C11H8BrCl2FN4O2/c12-6-5(13)3-4-8(7(6)15)18-10(14)19-9(4)16-1-2-17-11(20)21/h3,17H,1-2H2,(H,20,21)(H,16,18,19). The van der Waals surface area contributed by atoms with Gasteiger partial charge in [-0.2, -0.15) is 0 Å². The summed E-state index contributed by atoms with van der Waals surface area (Å²) in [6.45, 7) is 0.384. The minimum atomic E-state index is -1.14. The summed E-state index contributed by atoms with van der Waals surface area (Å²) in [7, 11) is 0. The molecule has 1 heterocycles. The summed E-state index contributed by atoms with van der Waals surface area (Å²) < 4.78 is 14.2. The van der Waals surface area contributed by atoms with Crippen molar-refractivity contribution in [3.8, 4) is 0 Å². The first kappa shape index (κ1) is 16.0. The minimum absolute atomic E-state index is 0.0139. The third-order valence-corrected chi connectivity index (χ3v) is 3.96. The second kappa shape index (κ2) is 6.59. The topological polar surface area (TPSA) is 87.1 Å². The number of amides is 1. The average molecular weight is 398 g/mol. The Bertz CT molecular complexity index is 716. The Kier molecular flexibility index (Phi) is 5.02. The van der Waals surface area contributed by atoms with Gasteiger partial charge in [0.25, 0.3) is 0 Å². The molecule has 0 aliphatic carbocycles. The zero-order valence-electron chi connectivity index (χ0n) is 10.3. The highest BCUT2D eigenvalue weighted by Crippen LogP contribution is 2.34. The maximum absolute atomic E-state index is 14.1. The lowest BCUT2D eigenvalue weighted by Crippen LogP contribution is -2.27. The van der Waals surface area contributed by atoms with E-state index in [4.69, 9.17) is 28.3 Å². The first-order valence-corrected chi connectivity index (χ1v) is 7.16. The number of halogens is 4. The van der Waals surface area contributed by atoms with Crippen molar-refractivity contribution < 1.29 is 14.3 Å². The highest BCUT2D eigenvalue weighted by Gasteiger charge is 2.16. The molecule has 2 rings (SSSR count). The first-order valence-electron chi connectivity index (χ1n) is 5.61. The average Bonchev–Trinajstić information content (AvgIpc) is 2.42. The van der Waals surface area contributed by atoms with Gasteiger partial charge in [-0.15, -0.1) is 0 Å². The van der Waals surface area contributed by atoms with Gasteiger partial charge in [0.2, 0.25) is 5.28 Å². The molecule has 0 aliphatic heterocycles. The van der Waals surface area contributed by atoms with Gasteiger partial charge in [0.05, 0.1) is 9.50 Å². The van der Waals surface area contributed by atoms with Crippen molar-refractivity contribution in [2.75, 3.05) is 18.4 Å². The Morgan fingerprint density at radius 2 is 2.10 bits per heavy atom. The monoisotopic (exact) mass is 396 g/mol. The van der Waals surface area contributed by atoms with Crippen LogP contribution in [0, 0.1) is 5.82 Å². The van der Waals surface area contributed by atoms with Crippen molar-refractivity contribution in [3.05, 3.63) is 26.7 Å². The smallest absolute Gasteiger partial charge is 0.404 e. The van der Waals surface area contributed by atoms with E-state index < -0.39 is 11.9 Å². The molecule has 0 aliphatic rings. The summed E-state index contributed by atoms with van der Waals surface area (Å²) in [5.41, 5.74) is 0.0139. The van der Waals surface area contributed by atoms with Crippen molar-refractivity contribution >= 4 is 61.9 Å². The van der Waals surface area contributed by atoms with Gasteiger partial charge in [-0.05, 0) is 33.6 Å². The quantitative estimate of drug-likeness (QED) is 0.417. The Hall–Kier alpha value is -1.38. The number of aromatic nitrogens is 2. The number of carbonyl (C=O) groups is 1. The van der Waals surface area contributed by atoms with Crippen molar-refractivity contribution in [1.82, 2.24) is 15.3 Å². The summed E-state index contributed by atoms with van der Waals surface area (Å²) in [5, 5.41) is 13.9. The van der Waals surface area contributed by atoms with Gasteiger partial charge < -0.3 is 15.7 Å². The molecule has 0 fully saturated rings. The summed E-state index contributed by atoms with van der Waals surface area (Å²) in [6.07, 6.45) is -1.14. The number of nitrogens with zero attached hydrogens (tertiary/aromatic N) is 2. The lowest BCUT2D eigenvalue weighted by molar-refractivity contribution is 0.195. The van der Waals surface area contributed by atoms with Gasteiger partial charge in [-0.25, -0.2) is 19.2 Å². The van der Waals surface area contributed by atoms with E-state index in [1.54, 1.807) is 0 Å². The van der Waals surface area contributed by atoms with E-state index in [1.807, 2.05) is 0 Å². The van der Waals surface area contributed by atoms with E-state index in [0.717, 1.165) is 0 Å². The number of nitrogens with one attached hydrogen (secondary N) is 2. The third kappa shape index (κ3) is 3.63. The van der Waals surface area contributed by atoms with Crippen LogP contribution in [0.5, 0.6) is 0 Å². The highest BCUT2D eigenvalue weighted by molar-refractivity contribution is 9.10. The number of rotatable bonds is 4. The molecule has 0 saturated carbocycles. The van der Waals surface area contributed by atoms with Crippen LogP contribution >= 0.6 is 39.1 Å². The molecule has 112 valence electrons. The molecule has 6 nitrogen and oxygen atoms in total. The minimum Gasteiger partial charge on any atom is -0.465 e. The number of benzene rings is 1. The van der Waals surface area contributed by atoms with Crippen molar-refractivity contribution in [2.24, 2.45) is 0 Å². The van der Waals surface area contributed by atoms with Crippen LogP contribution in [0.15, 0.2) is 10.5 Å². The molecular formula is C11H8BrCl2FN4O2. The third-order valence-electron chi connectivity index (χ3n) is 2.49. The fourth-order valence-electron chi connectivity index (χ4n) is 1.63. The molecule has 0 radical (unpaired) electrons. The molecule has 1 aromatic carbocycles. The van der Waals surface area contributed by atoms with E-state index >= 15 is 0 Å². The molecule has 2 aromatic rings. The molecule has 0 atom stereocenters. The van der Waals surface area contributed by atoms with Gasteiger partial charge in [-0.1, -0.05) is 11.6 Å². The lowest BCUT2D eigenvalue weighted by Gasteiger charge is -2.11. The maximum Gasteiger partial charge on any atom is 0.404 e. The van der Waals surface area contributed by atoms with Crippen LogP contribution in [0.25, 0.3) is 10.9 Å². The Labute approximate surface area is 136 Å². The van der Waals surface area contributed by atoms with Gasteiger partial charge in [0.15, 0.2) is 5.82 Å². The fraction of sp³-hybridized carbons (Fsp3) is 0.182. The second-order valence-corrected chi connectivity index (χ2v) is 5.42. The van der Waals surface area contributed by atoms with E-state index in [0.29, 0.717) is 5.39 Å². The molecule has 10 heteroatoms. The molecule has 0 spiro atoms.